The van der Waals surface area contributed by atoms with Crippen molar-refractivity contribution in [2.24, 2.45) is 35.5 Å². The number of aliphatic hydroxyl groups is 4. The number of ketones is 4. The van der Waals surface area contributed by atoms with E-state index in [1.54, 1.807) is 38.1 Å². The van der Waals surface area contributed by atoms with Crippen molar-refractivity contribution in [1.29, 1.82) is 0 Å². The first-order chi connectivity index (χ1) is 71.9. The number of aliphatic hydroxyl groups excluding tert-OH is 4. The molecule has 0 atom stereocenters. The Kier molecular flexibility index (Phi) is 46.8. The second kappa shape index (κ2) is 63.5. The minimum Gasteiger partial charge on any atom is -0.512 e. The summed E-state index contributed by atoms with van der Waals surface area (Å²) in [6.45, 7) is 24.5. The van der Waals surface area contributed by atoms with Crippen LogP contribution in [0.2, 0.25) is 0 Å². The quantitative estimate of drug-likeness (QED) is 0.0173. The second-order valence-electron chi connectivity index (χ2n) is 38.8. The van der Waals surface area contributed by atoms with Gasteiger partial charge in [-0.2, -0.15) is 0 Å². The van der Waals surface area contributed by atoms with Crippen LogP contribution in [0.25, 0.3) is 88.6 Å². The normalized spacial score (nSPS) is 15.6. The van der Waals surface area contributed by atoms with Crippen molar-refractivity contribution in [3.05, 3.63) is 307 Å². The van der Waals surface area contributed by atoms with Crippen LogP contribution in [-0.2, 0) is 112 Å². The number of hydrogen-bond donors (Lipinski definition) is 4. The summed E-state index contributed by atoms with van der Waals surface area (Å²) in [5.74, 6) is 4.02. The number of nitrogens with zero attached hydrogens (tertiary/aromatic N) is 4. The molecule has 0 saturated heterocycles. The van der Waals surface area contributed by atoms with Gasteiger partial charge in [0.1, 0.15) is 11.5 Å². The Bertz CT molecular complexity index is 6680. The van der Waals surface area contributed by atoms with Gasteiger partial charge >= 0.3 is 0 Å². The number of fused-ring (bicyclic) bond motifs is 4. The first-order valence-corrected chi connectivity index (χ1v) is 51.3. The molecule has 4 aliphatic carbocycles. The van der Waals surface area contributed by atoms with Crippen molar-refractivity contribution in [3.8, 4) is 45.0 Å². The molecule has 0 aliphatic heterocycles. The number of hydrogen-bond acceptors (Lipinski definition) is 12. The van der Waals surface area contributed by atoms with Crippen molar-refractivity contribution in [1.82, 2.24) is 19.9 Å². The molecule has 16 rings (SSSR count). The van der Waals surface area contributed by atoms with Crippen molar-refractivity contribution in [2.75, 3.05) is 0 Å². The van der Waals surface area contributed by atoms with Crippen LogP contribution < -0.4 is 0 Å². The van der Waals surface area contributed by atoms with Gasteiger partial charge in [0.05, 0.1) is 33.6 Å². The summed E-state index contributed by atoms with van der Waals surface area (Å²) < 4.78 is 92.0. The Morgan fingerprint density at radius 3 is 0.833 bits per heavy atom. The van der Waals surface area contributed by atoms with Crippen molar-refractivity contribution >= 4 is 66.7 Å². The summed E-state index contributed by atoms with van der Waals surface area (Å²) >= 11 is 0. The monoisotopic (exact) mass is 2670 g/mol. The van der Waals surface area contributed by atoms with E-state index in [0.717, 1.165) is 165 Å². The Morgan fingerprint density at radius 2 is 0.590 bits per heavy atom. The van der Waals surface area contributed by atoms with Gasteiger partial charge in [-0.15, -0.1) is 140 Å². The van der Waals surface area contributed by atoms with Gasteiger partial charge < -0.3 is 20.4 Å². The van der Waals surface area contributed by atoms with E-state index in [2.05, 4.69) is 103 Å². The average molecular weight is 2660 g/mol. The maximum absolute atomic E-state index is 12.1. The summed E-state index contributed by atoms with van der Waals surface area (Å²) in [7, 11) is 0. The molecule has 4 radical (unpaired) electrons. The Hall–Kier alpha value is -9.16. The molecule has 8 aromatic carbocycles. The van der Waals surface area contributed by atoms with E-state index in [0.29, 0.717) is 34.5 Å². The van der Waals surface area contributed by atoms with Gasteiger partial charge in [0.25, 0.3) is 0 Å². The second-order valence-corrected chi connectivity index (χ2v) is 38.8. The van der Waals surface area contributed by atoms with Gasteiger partial charge in [-0.3, -0.25) is 39.1 Å². The number of aryl methyl sites for hydroxylation is 8. The molecule has 4 saturated carbocycles. The molecule has 4 aliphatic rings. The summed E-state index contributed by atoms with van der Waals surface area (Å²) in [5, 5.41) is 41.7. The molecule has 4 N–H and O–H groups in total. The smallest absolute Gasteiger partial charge is 0.164 e. The van der Waals surface area contributed by atoms with Crippen LogP contribution in [0.15, 0.2) is 216 Å². The number of rotatable bonds is 26. The summed E-state index contributed by atoms with van der Waals surface area (Å²) in [4.78, 5) is 63.5. The molecule has 4 aromatic heterocycles. The fourth-order valence-electron chi connectivity index (χ4n) is 19.5. The van der Waals surface area contributed by atoms with Crippen LogP contribution in [-0.4, -0.2) is 63.5 Å². The standard InChI is InChI=1S/C24H26N.C23H24N.C22H22N.C21H20N.2C14H26O2.2C5H8O2.4Ir/c1-17-14-18(2)16-20(15-17)23-13-12-22-21(10-7-11-24(22)25-23)19-8-5-3-4-6-9-19;1-16-12-17(2)14-20(13-16)22-11-10-21-19(8-5-9-23(21)24-22)15-18-6-3-4-7-18;1-15-11-16(2)13-19(12-15)21-10-9-20-18(14-17-5-3-6-17)7-4-8-22(20)23-21;1-14-11-15(2)13-17(12-14)20-10-9-19-18(16-5-3-6-16)7-4-8-21(19)22-20;2*1-6-11(7-2)13(15)10(5)14(16)12(8-3)9-4;2*1-4(6)3-5(2)7;;;;/h7,10-15,19H,3-6,8-9H2,1-2H3;5,8-13,18H,3-4,6-7,15H2,1-2H3;4,7-12,17H,3,5-6,14H2,1-2H3;4,7-12,16H,3,5-6H2,1-2H3;2*11-12,15H,6-9H2,1-5H3;2*3,6H,1-2H3;;;;/q4*-1;;;;;;;;/i4*2D3;;;;;;;;. The summed E-state index contributed by atoms with van der Waals surface area (Å²) in [5.41, 5.74) is 21.2. The van der Waals surface area contributed by atoms with E-state index < -0.39 is 27.4 Å². The van der Waals surface area contributed by atoms with E-state index in [9.17, 15) is 29.4 Å². The van der Waals surface area contributed by atoms with Crippen molar-refractivity contribution in [2.45, 2.75) is 331 Å². The van der Waals surface area contributed by atoms with E-state index in [4.69, 9.17) is 46.6 Å². The number of Topliss-reactive ketones (excluding diaryl/α,β-unsaturated/α-hetero) is 2. The Balaban J connectivity index is 0.000000322. The van der Waals surface area contributed by atoms with Crippen LogP contribution in [0.3, 0.4) is 0 Å². The molecular weight excluding hydrogens is 2490 g/mol. The molecule has 12 aromatic rings. The number of pyridine rings is 4. The first kappa shape index (κ1) is 106. The summed E-state index contributed by atoms with van der Waals surface area (Å²) in [6, 6.07) is 68.6. The number of benzene rings is 8. The molecule has 144 heavy (non-hydrogen) atoms. The number of carbonyl (C=O) groups excluding carboxylic acids is 4. The maximum Gasteiger partial charge on any atom is 0.164 e. The average Bonchev–Trinajstić information content (AvgIpc) is 1.14. The SMILES string of the molecule is CC(=O)C=C(C)O.CC(=O)C=C(C)O.CCC(CC)C(=O)C(C)=C(O)C(CC)CC.CCC(CC)C(=O)C(C)=C(O)C(CC)CC.[2H]C([2H])([2H])c1[c-]c(-c2ccc3c(C4CCC4)cccc3n2)cc(C)c1.[2H]C([2H])([2H])c1[c-]c(-c2ccc3c(C4CCCCCC4)cccc3n2)cc(C)c1.[2H]C([2H])([2H])c1[c-]c(-c2ccc3c(CC4CCC4)cccc3n2)cc(C)c1.[2H]C([2H])([2H])c1[c-]c(-c2ccc3c(CC4CCCC4)cccc3n2)cc(C)c1.[Ir].[Ir].[Ir].[Ir]. The molecule has 4 heterocycles. The third-order valence-corrected chi connectivity index (χ3v) is 27.7. The maximum atomic E-state index is 12.1. The van der Waals surface area contributed by atoms with Crippen LogP contribution in [0.5, 0.6) is 0 Å². The van der Waals surface area contributed by atoms with E-state index in [1.165, 1.54) is 186 Å². The van der Waals surface area contributed by atoms with Crippen molar-refractivity contribution in [3.63, 3.8) is 0 Å². The topological polar surface area (TPSA) is 201 Å². The van der Waals surface area contributed by atoms with Crippen LogP contribution in [0.1, 0.15) is 346 Å². The predicted molar refractivity (Wildman–Crippen MR) is 587 cm³/mol. The minimum absolute atomic E-state index is 0. The van der Waals surface area contributed by atoms with Gasteiger partial charge in [0.2, 0.25) is 0 Å². The molecule has 0 spiro atoms. The first-order valence-electron chi connectivity index (χ1n) is 57.3. The molecule has 0 bridgehead atoms. The van der Waals surface area contributed by atoms with Gasteiger partial charge in [0.15, 0.2) is 23.1 Å². The van der Waals surface area contributed by atoms with Crippen LogP contribution >= 0.6 is 0 Å². The van der Waals surface area contributed by atoms with Gasteiger partial charge in [-0.1, -0.05) is 285 Å². The van der Waals surface area contributed by atoms with Gasteiger partial charge in [-0.05, 0) is 224 Å². The molecule has 0 unspecified atom stereocenters. The third kappa shape index (κ3) is 37.9. The Morgan fingerprint density at radius 1 is 0.333 bits per heavy atom. The fourth-order valence-corrected chi connectivity index (χ4v) is 19.5. The largest absolute Gasteiger partial charge is 0.512 e. The molecule has 16 heteroatoms. The molecule has 4 fully saturated rings. The number of allylic oxidation sites excluding steroid dienone is 8. The van der Waals surface area contributed by atoms with Gasteiger partial charge in [-0.25, -0.2) is 0 Å². The Labute approximate surface area is 934 Å². The fraction of sp³-hybridized carbons (Fsp3) is 0.438. The zero-order chi connectivity index (χ0) is 112. The molecular formula is C128H160Ir4N4O8-4. The van der Waals surface area contributed by atoms with Crippen LogP contribution in [0.4, 0.5) is 0 Å². The van der Waals surface area contributed by atoms with E-state index in [1.807, 2.05) is 150 Å². The predicted octanol–water partition coefficient (Wildman–Crippen LogP) is 34.6. The van der Waals surface area contributed by atoms with Crippen molar-refractivity contribution < 1.29 is 136 Å². The molecule has 12 nitrogen and oxygen atoms in total. The van der Waals surface area contributed by atoms with E-state index in [-0.39, 0.29) is 161 Å². The minimum atomic E-state index is -2.16. The number of aromatic nitrogens is 4. The number of carbonyl (C=O) groups is 4. The van der Waals surface area contributed by atoms with Crippen LogP contribution in [0, 0.1) is 115 Å². The summed E-state index contributed by atoms with van der Waals surface area (Å²) in [6.07, 6.45) is 32.6. The van der Waals surface area contributed by atoms with E-state index >= 15 is 0 Å². The third-order valence-electron chi connectivity index (χ3n) is 27.7. The molecule has 780 valence electrons. The van der Waals surface area contributed by atoms with Gasteiger partial charge in [0, 0.05) is 165 Å². The zero-order valence-corrected chi connectivity index (χ0v) is 97.4. The zero-order valence-electron chi connectivity index (χ0n) is 99.9. The molecule has 0 amide bonds.